The summed E-state index contributed by atoms with van der Waals surface area (Å²) in [6.07, 6.45) is 4.86. The summed E-state index contributed by atoms with van der Waals surface area (Å²) in [5.41, 5.74) is 2.30. The van der Waals surface area contributed by atoms with Crippen LogP contribution in [0.2, 0.25) is 0 Å². The molecule has 0 spiro atoms. The predicted octanol–water partition coefficient (Wildman–Crippen LogP) is 2.61. The number of carboxylic acid groups (broad SMARTS) is 1. The summed E-state index contributed by atoms with van der Waals surface area (Å²) in [7, 11) is 0. The zero-order chi connectivity index (χ0) is 13.2. The Labute approximate surface area is 112 Å². The van der Waals surface area contributed by atoms with Crippen molar-refractivity contribution in [1.82, 2.24) is 9.88 Å². The molecule has 1 aromatic heterocycles. The summed E-state index contributed by atoms with van der Waals surface area (Å²) < 4.78 is 0. The van der Waals surface area contributed by atoms with Crippen molar-refractivity contribution in [3.05, 3.63) is 36.0 Å². The Hall–Kier alpha value is -1.81. The quantitative estimate of drug-likeness (QED) is 0.889. The van der Waals surface area contributed by atoms with Crippen LogP contribution in [0.25, 0.3) is 10.9 Å². The van der Waals surface area contributed by atoms with E-state index in [0.717, 1.165) is 31.3 Å². The topological polar surface area (TPSA) is 56.3 Å². The first-order chi connectivity index (χ1) is 9.25. The number of likely N-dealkylation sites (tertiary alicyclic amines) is 1. The van der Waals surface area contributed by atoms with Crippen molar-refractivity contribution in [3.63, 3.8) is 0 Å². The molecule has 4 heteroatoms. The third-order valence-corrected chi connectivity index (χ3v) is 3.95. The van der Waals surface area contributed by atoms with Gasteiger partial charge in [0, 0.05) is 23.6 Å². The van der Waals surface area contributed by atoms with Crippen LogP contribution in [-0.2, 0) is 11.3 Å². The predicted molar refractivity (Wildman–Crippen MR) is 74.0 cm³/mol. The number of aromatic nitrogens is 1. The number of para-hydroxylation sites is 1. The number of aliphatic carboxylic acids is 1. The van der Waals surface area contributed by atoms with E-state index >= 15 is 0 Å². The summed E-state index contributed by atoms with van der Waals surface area (Å²) in [5.74, 6) is -0.695. The third-order valence-electron chi connectivity index (χ3n) is 3.95. The fraction of sp³-hybridized carbons (Fsp3) is 0.400. The van der Waals surface area contributed by atoms with Gasteiger partial charge in [0.1, 0.15) is 6.04 Å². The number of nitrogens with one attached hydrogen (secondary N) is 1. The number of benzene rings is 1. The molecule has 0 bridgehead atoms. The molecule has 1 saturated heterocycles. The van der Waals surface area contributed by atoms with E-state index in [1.54, 1.807) is 0 Å². The highest BCUT2D eigenvalue weighted by Crippen LogP contribution is 2.24. The molecule has 1 unspecified atom stereocenters. The minimum absolute atomic E-state index is 0.331. The molecule has 2 heterocycles. The van der Waals surface area contributed by atoms with Crippen LogP contribution in [0.1, 0.15) is 24.8 Å². The van der Waals surface area contributed by atoms with Crippen LogP contribution < -0.4 is 0 Å². The number of fused-ring (bicyclic) bond motifs is 1. The Morgan fingerprint density at radius 2 is 2.21 bits per heavy atom. The number of carboxylic acids is 1. The van der Waals surface area contributed by atoms with Crippen molar-refractivity contribution in [2.75, 3.05) is 6.54 Å². The number of rotatable bonds is 3. The van der Waals surface area contributed by atoms with E-state index in [1.165, 1.54) is 10.9 Å². The standard InChI is InChI=1S/C15H18N2O2/c18-15(19)14-7-3-4-8-17(14)10-11-9-16-13-6-2-1-5-12(11)13/h1-2,5-6,9,14,16H,3-4,7-8,10H2,(H,18,19). The first-order valence-electron chi connectivity index (χ1n) is 6.77. The lowest BCUT2D eigenvalue weighted by atomic mass is 10.0. The molecule has 100 valence electrons. The Balaban J connectivity index is 1.85. The van der Waals surface area contributed by atoms with E-state index in [2.05, 4.69) is 16.0 Å². The van der Waals surface area contributed by atoms with Gasteiger partial charge in [-0.05, 0) is 31.0 Å². The molecular formula is C15H18N2O2. The van der Waals surface area contributed by atoms with Crippen molar-refractivity contribution in [2.45, 2.75) is 31.8 Å². The summed E-state index contributed by atoms with van der Waals surface area (Å²) in [6.45, 7) is 1.58. The molecule has 1 aliphatic rings. The Morgan fingerprint density at radius 1 is 1.37 bits per heavy atom. The van der Waals surface area contributed by atoms with Crippen LogP contribution in [0.3, 0.4) is 0 Å². The van der Waals surface area contributed by atoms with Crippen molar-refractivity contribution in [3.8, 4) is 0 Å². The Morgan fingerprint density at radius 3 is 3.05 bits per heavy atom. The van der Waals surface area contributed by atoms with E-state index in [-0.39, 0.29) is 6.04 Å². The summed E-state index contributed by atoms with van der Waals surface area (Å²) >= 11 is 0. The van der Waals surface area contributed by atoms with E-state index in [4.69, 9.17) is 0 Å². The largest absolute Gasteiger partial charge is 0.480 e. The second-order valence-corrected chi connectivity index (χ2v) is 5.18. The van der Waals surface area contributed by atoms with Crippen molar-refractivity contribution in [2.24, 2.45) is 0 Å². The number of hydrogen-bond acceptors (Lipinski definition) is 2. The highest BCUT2D eigenvalue weighted by molar-refractivity contribution is 5.83. The summed E-state index contributed by atoms with van der Waals surface area (Å²) in [6, 6.07) is 7.82. The maximum atomic E-state index is 11.3. The molecule has 2 N–H and O–H groups in total. The van der Waals surface area contributed by atoms with Gasteiger partial charge in [-0.1, -0.05) is 24.6 Å². The van der Waals surface area contributed by atoms with Crippen LogP contribution >= 0.6 is 0 Å². The minimum atomic E-state index is -0.695. The Kier molecular flexibility index (Phi) is 3.25. The van der Waals surface area contributed by atoms with Crippen molar-refractivity contribution < 1.29 is 9.90 Å². The van der Waals surface area contributed by atoms with Gasteiger partial charge in [-0.25, -0.2) is 0 Å². The molecule has 19 heavy (non-hydrogen) atoms. The highest BCUT2D eigenvalue weighted by atomic mass is 16.4. The maximum absolute atomic E-state index is 11.3. The molecule has 0 aliphatic carbocycles. The zero-order valence-corrected chi connectivity index (χ0v) is 10.8. The smallest absolute Gasteiger partial charge is 0.320 e. The van der Waals surface area contributed by atoms with Crippen molar-refractivity contribution in [1.29, 1.82) is 0 Å². The van der Waals surface area contributed by atoms with Gasteiger partial charge in [-0.2, -0.15) is 0 Å². The monoisotopic (exact) mass is 258 g/mol. The molecule has 1 fully saturated rings. The zero-order valence-electron chi connectivity index (χ0n) is 10.8. The van der Waals surface area contributed by atoms with Gasteiger partial charge in [0.05, 0.1) is 0 Å². The number of piperidine rings is 1. The van der Waals surface area contributed by atoms with Crippen LogP contribution in [0, 0.1) is 0 Å². The fourth-order valence-electron chi connectivity index (χ4n) is 2.94. The second-order valence-electron chi connectivity index (χ2n) is 5.18. The number of aromatic amines is 1. The van der Waals surface area contributed by atoms with Gasteiger partial charge in [-0.3, -0.25) is 9.69 Å². The lowest BCUT2D eigenvalue weighted by molar-refractivity contribution is -0.144. The fourth-order valence-corrected chi connectivity index (χ4v) is 2.94. The van der Waals surface area contributed by atoms with Gasteiger partial charge in [0.15, 0.2) is 0 Å². The molecule has 0 saturated carbocycles. The van der Waals surface area contributed by atoms with Gasteiger partial charge < -0.3 is 10.1 Å². The second kappa shape index (κ2) is 5.05. The maximum Gasteiger partial charge on any atom is 0.320 e. The first kappa shape index (κ1) is 12.2. The average molecular weight is 258 g/mol. The van der Waals surface area contributed by atoms with E-state index in [9.17, 15) is 9.90 Å². The van der Waals surface area contributed by atoms with Gasteiger partial charge in [0.2, 0.25) is 0 Å². The lowest BCUT2D eigenvalue weighted by Gasteiger charge is -2.32. The number of nitrogens with zero attached hydrogens (tertiary/aromatic N) is 1. The van der Waals surface area contributed by atoms with Gasteiger partial charge in [0.25, 0.3) is 0 Å². The first-order valence-corrected chi connectivity index (χ1v) is 6.77. The number of H-pyrrole nitrogens is 1. The van der Waals surface area contributed by atoms with Crippen LogP contribution in [0.5, 0.6) is 0 Å². The molecule has 1 atom stereocenters. The van der Waals surface area contributed by atoms with Gasteiger partial charge >= 0.3 is 5.97 Å². The molecule has 4 nitrogen and oxygen atoms in total. The van der Waals surface area contributed by atoms with E-state index in [0.29, 0.717) is 6.54 Å². The number of hydrogen-bond donors (Lipinski definition) is 2. The molecule has 0 amide bonds. The third kappa shape index (κ3) is 2.36. The highest BCUT2D eigenvalue weighted by Gasteiger charge is 2.28. The minimum Gasteiger partial charge on any atom is -0.480 e. The molecule has 3 rings (SSSR count). The molecular weight excluding hydrogens is 240 g/mol. The normalized spacial score (nSPS) is 20.7. The molecule has 0 radical (unpaired) electrons. The molecule has 1 aliphatic heterocycles. The van der Waals surface area contributed by atoms with E-state index < -0.39 is 5.97 Å². The average Bonchev–Trinajstić information content (AvgIpc) is 2.83. The van der Waals surface area contributed by atoms with Crippen LogP contribution in [0.4, 0.5) is 0 Å². The van der Waals surface area contributed by atoms with Crippen LogP contribution in [-0.4, -0.2) is 33.5 Å². The van der Waals surface area contributed by atoms with E-state index in [1.807, 2.05) is 24.4 Å². The lowest BCUT2D eigenvalue weighted by Crippen LogP contribution is -2.43. The Bertz CT molecular complexity index is 591. The summed E-state index contributed by atoms with van der Waals surface area (Å²) in [4.78, 5) is 16.6. The molecule has 2 aromatic rings. The molecule has 1 aromatic carbocycles. The SMILES string of the molecule is O=C(O)C1CCCCN1Cc1c[nH]c2ccccc12. The summed E-state index contributed by atoms with van der Waals surface area (Å²) in [5, 5.41) is 10.5. The van der Waals surface area contributed by atoms with Gasteiger partial charge in [-0.15, -0.1) is 0 Å². The van der Waals surface area contributed by atoms with Crippen LogP contribution in [0.15, 0.2) is 30.5 Å². The van der Waals surface area contributed by atoms with Crippen molar-refractivity contribution >= 4 is 16.9 Å². The number of carbonyl (C=O) groups is 1.